The highest BCUT2D eigenvalue weighted by Gasteiger charge is 2.61. The summed E-state index contributed by atoms with van der Waals surface area (Å²) in [5.41, 5.74) is -1.58. The van der Waals surface area contributed by atoms with Crippen LogP contribution >= 0.6 is 0 Å². The van der Waals surface area contributed by atoms with E-state index in [4.69, 9.17) is 0 Å². The van der Waals surface area contributed by atoms with Crippen molar-refractivity contribution in [3.8, 4) is 11.1 Å². The number of nitrogens with one attached hydrogen (secondary N) is 3. The lowest BCUT2D eigenvalue weighted by atomic mass is 9.68. The molecule has 6 nitrogen and oxygen atoms in total. The van der Waals surface area contributed by atoms with Crippen LogP contribution in [0.5, 0.6) is 0 Å². The van der Waals surface area contributed by atoms with Gasteiger partial charge < -0.3 is 15.7 Å². The fourth-order valence-corrected chi connectivity index (χ4v) is 4.27. The van der Waals surface area contributed by atoms with Gasteiger partial charge in [0, 0.05) is 24.9 Å². The summed E-state index contributed by atoms with van der Waals surface area (Å²) in [6, 6.07) is 10.5. The second kappa shape index (κ2) is 8.07. The average molecular weight is 469 g/mol. The minimum atomic E-state index is -4.50. The van der Waals surface area contributed by atoms with Crippen LogP contribution in [-0.2, 0) is 11.0 Å². The van der Waals surface area contributed by atoms with Crippen molar-refractivity contribution in [2.24, 2.45) is 5.92 Å². The van der Waals surface area contributed by atoms with Crippen molar-refractivity contribution in [2.75, 3.05) is 6.54 Å². The number of aliphatic hydroxyl groups is 1. The molecule has 4 N–H and O–H groups in total. The van der Waals surface area contributed by atoms with E-state index in [2.05, 4.69) is 16.0 Å². The maximum absolute atomic E-state index is 13.5. The summed E-state index contributed by atoms with van der Waals surface area (Å²) in [5, 5.41) is 17.1. The highest BCUT2D eigenvalue weighted by molar-refractivity contribution is 6.01. The van der Waals surface area contributed by atoms with Crippen molar-refractivity contribution in [2.45, 2.75) is 36.8 Å². The van der Waals surface area contributed by atoms with E-state index in [9.17, 15) is 36.6 Å². The van der Waals surface area contributed by atoms with E-state index in [1.165, 1.54) is 18.2 Å². The topological polar surface area (TPSA) is 90.5 Å². The molecule has 11 heteroatoms. The van der Waals surface area contributed by atoms with Crippen LogP contribution < -0.4 is 16.0 Å². The Morgan fingerprint density at radius 3 is 2.27 bits per heavy atom. The molecule has 4 rings (SSSR count). The van der Waals surface area contributed by atoms with Crippen LogP contribution in [0.3, 0.4) is 0 Å². The van der Waals surface area contributed by atoms with Gasteiger partial charge in [0.05, 0.1) is 5.56 Å². The van der Waals surface area contributed by atoms with Gasteiger partial charge in [-0.2, -0.15) is 13.2 Å². The van der Waals surface area contributed by atoms with Crippen molar-refractivity contribution in [1.82, 2.24) is 16.0 Å². The number of rotatable bonds is 5. The molecule has 1 aliphatic heterocycles. The van der Waals surface area contributed by atoms with Gasteiger partial charge in [0.1, 0.15) is 5.54 Å². The Bertz CT molecular complexity index is 1070. The molecule has 176 valence electrons. The number of aliphatic hydroxyl groups excluding tert-OH is 1. The van der Waals surface area contributed by atoms with Gasteiger partial charge >= 0.3 is 6.18 Å². The van der Waals surface area contributed by atoms with Gasteiger partial charge in [-0.1, -0.05) is 30.3 Å². The van der Waals surface area contributed by atoms with Gasteiger partial charge in [0.2, 0.25) is 11.8 Å². The molecule has 0 radical (unpaired) electrons. The molecule has 0 bridgehead atoms. The lowest BCUT2D eigenvalue weighted by Gasteiger charge is -2.45. The van der Waals surface area contributed by atoms with Crippen molar-refractivity contribution in [3.05, 3.63) is 59.7 Å². The van der Waals surface area contributed by atoms with Crippen LogP contribution in [0.4, 0.5) is 22.0 Å². The summed E-state index contributed by atoms with van der Waals surface area (Å²) in [5.74, 6) is -5.08. The second-order valence-electron chi connectivity index (χ2n) is 8.26. The predicted octanol–water partition coefficient (Wildman–Crippen LogP) is 2.88. The molecule has 0 aromatic heterocycles. The zero-order valence-electron chi connectivity index (χ0n) is 17.0. The highest BCUT2D eigenvalue weighted by atomic mass is 19.4. The van der Waals surface area contributed by atoms with Crippen molar-refractivity contribution < 1.29 is 36.6 Å². The second-order valence-corrected chi connectivity index (χ2v) is 8.26. The van der Waals surface area contributed by atoms with Crippen LogP contribution in [0, 0.1) is 5.92 Å². The number of carbonyl (C=O) groups is 2. The zero-order chi connectivity index (χ0) is 24.0. The quantitative estimate of drug-likeness (QED) is 0.507. The van der Waals surface area contributed by atoms with Crippen molar-refractivity contribution in [1.29, 1.82) is 0 Å². The molecule has 2 fully saturated rings. The fraction of sp³-hybridized carbons (Fsp3) is 0.364. The van der Waals surface area contributed by atoms with Gasteiger partial charge in [-0.05, 0) is 35.2 Å². The minimum absolute atomic E-state index is 0.130. The molecule has 1 saturated carbocycles. The van der Waals surface area contributed by atoms with Crippen molar-refractivity contribution in [3.63, 3.8) is 0 Å². The maximum atomic E-state index is 13.5. The van der Waals surface area contributed by atoms with E-state index in [0.717, 1.165) is 12.1 Å². The average Bonchev–Trinajstić information content (AvgIpc) is 3.03. The fourth-order valence-electron chi connectivity index (χ4n) is 4.27. The molecule has 0 spiro atoms. The number of benzene rings is 2. The third-order valence-corrected chi connectivity index (χ3v) is 6.08. The number of hydrogen-bond donors (Lipinski definition) is 4. The summed E-state index contributed by atoms with van der Waals surface area (Å²) in [6.07, 6.45) is -7.08. The Balaban J connectivity index is 1.55. The van der Waals surface area contributed by atoms with Crippen LogP contribution in [0.1, 0.15) is 28.8 Å². The van der Waals surface area contributed by atoms with E-state index in [0.29, 0.717) is 11.1 Å². The Morgan fingerprint density at radius 2 is 1.73 bits per heavy atom. The molecule has 2 aliphatic rings. The van der Waals surface area contributed by atoms with Crippen LogP contribution in [0.25, 0.3) is 11.1 Å². The standard InChI is InChI=1S/C22H20F5N3O3/c23-20(24)9-14(10-20)21(18(32)29-19(33)30-21)11-28-17(31)16-4-2-1-3-15(16)12-5-7-13(8-6-12)22(25,26)27/h1-8,14,19,30,33H,9-11H2,(H,28,31)(H,29,32). The molecule has 2 aromatic rings. The summed E-state index contributed by atoms with van der Waals surface area (Å²) in [7, 11) is 0. The van der Waals surface area contributed by atoms with E-state index in [1.807, 2.05) is 0 Å². The largest absolute Gasteiger partial charge is 0.416 e. The van der Waals surface area contributed by atoms with E-state index in [-0.39, 0.29) is 12.1 Å². The summed E-state index contributed by atoms with van der Waals surface area (Å²) in [6.45, 7) is -0.364. The third-order valence-electron chi connectivity index (χ3n) is 6.08. The van der Waals surface area contributed by atoms with Gasteiger partial charge in [0.25, 0.3) is 5.91 Å². The number of alkyl halides is 5. The molecular weight excluding hydrogens is 449 g/mol. The summed E-state index contributed by atoms with van der Waals surface area (Å²) < 4.78 is 65.5. The van der Waals surface area contributed by atoms with E-state index >= 15 is 0 Å². The Labute approximate surface area is 185 Å². The van der Waals surface area contributed by atoms with Crippen LogP contribution in [-0.4, -0.2) is 41.3 Å². The summed E-state index contributed by atoms with van der Waals surface area (Å²) in [4.78, 5) is 25.4. The Kier molecular flexibility index (Phi) is 5.65. The smallest absolute Gasteiger partial charge is 0.361 e. The SMILES string of the molecule is O=C(NCC1(C2CC(F)(F)C2)NC(O)NC1=O)c1ccccc1-c1ccc(C(F)(F)F)cc1. The van der Waals surface area contributed by atoms with Gasteiger partial charge in [-0.3, -0.25) is 14.9 Å². The monoisotopic (exact) mass is 469 g/mol. The van der Waals surface area contributed by atoms with Crippen molar-refractivity contribution >= 4 is 11.8 Å². The van der Waals surface area contributed by atoms with Crippen LogP contribution in [0.2, 0.25) is 0 Å². The predicted molar refractivity (Wildman–Crippen MR) is 107 cm³/mol. The third kappa shape index (κ3) is 4.42. The summed E-state index contributed by atoms with van der Waals surface area (Å²) >= 11 is 0. The normalized spacial score (nSPS) is 24.8. The molecule has 1 heterocycles. The zero-order valence-corrected chi connectivity index (χ0v) is 17.0. The number of carbonyl (C=O) groups excluding carboxylic acids is 2. The molecule has 1 saturated heterocycles. The first-order valence-corrected chi connectivity index (χ1v) is 10.1. The Morgan fingerprint density at radius 1 is 1.09 bits per heavy atom. The highest BCUT2D eigenvalue weighted by Crippen LogP contribution is 2.48. The Hall–Kier alpha value is -3.05. The van der Waals surface area contributed by atoms with E-state index in [1.54, 1.807) is 18.2 Å². The molecule has 2 aromatic carbocycles. The molecule has 2 amide bonds. The maximum Gasteiger partial charge on any atom is 0.416 e. The minimum Gasteiger partial charge on any atom is -0.361 e. The number of halogens is 5. The molecule has 33 heavy (non-hydrogen) atoms. The molecular formula is C22H20F5N3O3. The van der Waals surface area contributed by atoms with Gasteiger partial charge in [-0.15, -0.1) is 0 Å². The number of amides is 2. The first kappa shape index (κ1) is 23.1. The van der Waals surface area contributed by atoms with E-state index < -0.39 is 60.1 Å². The number of hydrogen-bond acceptors (Lipinski definition) is 4. The first-order chi connectivity index (χ1) is 15.4. The van der Waals surface area contributed by atoms with Gasteiger partial charge in [-0.25, -0.2) is 8.78 Å². The first-order valence-electron chi connectivity index (χ1n) is 10.1. The lowest BCUT2D eigenvalue weighted by Crippen LogP contribution is -2.65. The molecule has 1 aliphatic carbocycles. The molecule has 2 unspecified atom stereocenters. The molecule has 2 atom stereocenters. The van der Waals surface area contributed by atoms with Crippen LogP contribution in [0.15, 0.2) is 48.5 Å². The van der Waals surface area contributed by atoms with Gasteiger partial charge in [0.15, 0.2) is 6.35 Å². The lowest BCUT2D eigenvalue weighted by molar-refractivity contribution is -0.148.